The van der Waals surface area contributed by atoms with Gasteiger partial charge in [0, 0.05) is 24.6 Å². The van der Waals surface area contributed by atoms with Crippen LogP contribution in [0.5, 0.6) is 0 Å². The van der Waals surface area contributed by atoms with Gasteiger partial charge in [0.25, 0.3) is 0 Å². The third-order valence-electron chi connectivity index (χ3n) is 4.50. The van der Waals surface area contributed by atoms with Crippen LogP contribution in [-0.2, 0) is 16.0 Å². The van der Waals surface area contributed by atoms with Gasteiger partial charge in [0.05, 0.1) is 13.0 Å². The van der Waals surface area contributed by atoms with Gasteiger partial charge in [-0.2, -0.15) is 0 Å². The van der Waals surface area contributed by atoms with Gasteiger partial charge in [-0.1, -0.05) is 24.3 Å². The molecule has 1 aromatic rings. The molecule has 0 aliphatic carbocycles. The highest BCUT2D eigenvalue weighted by molar-refractivity contribution is 5.94. The van der Waals surface area contributed by atoms with Crippen molar-refractivity contribution in [3.05, 3.63) is 35.4 Å². The first-order valence-electron chi connectivity index (χ1n) is 8.11. The summed E-state index contributed by atoms with van der Waals surface area (Å²) in [4.78, 5) is 23.4. The minimum absolute atomic E-state index is 0. The normalized spacial score (nSPS) is 16.1. The van der Waals surface area contributed by atoms with Crippen molar-refractivity contribution in [3.63, 3.8) is 0 Å². The summed E-state index contributed by atoms with van der Waals surface area (Å²) in [5.41, 5.74) is 1.62. The van der Waals surface area contributed by atoms with Crippen molar-refractivity contribution in [3.8, 4) is 0 Å². The summed E-state index contributed by atoms with van der Waals surface area (Å²) in [7, 11) is 1.71. The molecule has 0 bridgehead atoms. The summed E-state index contributed by atoms with van der Waals surface area (Å²) in [6.45, 7) is 4.78. The monoisotopic (exact) mass is 354 g/mol. The Bertz CT molecular complexity index is 534. The lowest BCUT2D eigenvalue weighted by Crippen LogP contribution is -2.47. The number of nitrogens with one attached hydrogen (secondary N) is 2. The van der Waals surface area contributed by atoms with Gasteiger partial charge in [0.15, 0.2) is 5.78 Å². The smallest absolute Gasteiger partial charge is 0.224 e. The molecule has 2 N–H and O–H groups in total. The maximum absolute atomic E-state index is 12.2. The predicted molar refractivity (Wildman–Crippen MR) is 96.8 cm³/mol. The van der Waals surface area contributed by atoms with Gasteiger partial charge in [0.1, 0.15) is 0 Å². The first-order chi connectivity index (χ1) is 11.0. The number of hydrogen-bond donors (Lipinski definition) is 2. The molecular formula is C18H27ClN2O3. The van der Waals surface area contributed by atoms with Crippen LogP contribution < -0.4 is 10.6 Å². The molecule has 0 atom stereocenters. The Kier molecular flexibility index (Phi) is 8.39. The summed E-state index contributed by atoms with van der Waals surface area (Å²) >= 11 is 0. The van der Waals surface area contributed by atoms with Gasteiger partial charge >= 0.3 is 0 Å². The Morgan fingerprint density at radius 2 is 1.83 bits per heavy atom. The number of benzene rings is 1. The predicted octanol–water partition coefficient (Wildman–Crippen LogP) is 1.99. The zero-order chi connectivity index (χ0) is 16.7. The molecule has 0 unspecified atom stereocenters. The zero-order valence-corrected chi connectivity index (χ0v) is 15.2. The summed E-state index contributed by atoms with van der Waals surface area (Å²) in [5, 5.41) is 6.39. The van der Waals surface area contributed by atoms with Crippen LogP contribution in [0.3, 0.4) is 0 Å². The number of halogens is 1. The Hall–Kier alpha value is -1.43. The molecule has 24 heavy (non-hydrogen) atoms. The highest BCUT2D eigenvalue weighted by Crippen LogP contribution is 2.28. The number of carbonyl (C=O) groups is 2. The van der Waals surface area contributed by atoms with E-state index in [-0.39, 0.29) is 29.5 Å². The van der Waals surface area contributed by atoms with Crippen LogP contribution in [0.15, 0.2) is 24.3 Å². The first kappa shape index (κ1) is 20.6. The highest BCUT2D eigenvalue weighted by atomic mass is 35.5. The molecule has 1 saturated heterocycles. The van der Waals surface area contributed by atoms with Crippen LogP contribution in [0.1, 0.15) is 35.7 Å². The number of carbonyl (C=O) groups excluding carboxylic acids is 2. The molecule has 1 aliphatic heterocycles. The Balaban J connectivity index is 0.00000288. The molecule has 134 valence electrons. The highest BCUT2D eigenvalue weighted by Gasteiger charge is 2.32. The minimum atomic E-state index is 0. The molecule has 1 fully saturated rings. The molecule has 1 heterocycles. The van der Waals surface area contributed by atoms with Crippen LogP contribution in [-0.4, -0.2) is 45.0 Å². The number of methoxy groups -OCH3 is 1. The number of piperidine rings is 1. The Labute approximate surface area is 149 Å². The summed E-state index contributed by atoms with van der Waals surface area (Å²) in [6.07, 6.45) is 2.35. The zero-order valence-electron chi connectivity index (χ0n) is 14.4. The topological polar surface area (TPSA) is 67.4 Å². The van der Waals surface area contributed by atoms with E-state index in [9.17, 15) is 9.59 Å². The van der Waals surface area contributed by atoms with Crippen molar-refractivity contribution < 1.29 is 14.3 Å². The van der Waals surface area contributed by atoms with E-state index in [1.165, 1.54) is 6.92 Å². The minimum Gasteiger partial charge on any atom is -0.384 e. The second kappa shape index (κ2) is 9.77. The standard InChI is InChI=1S/C18H26N2O3.ClH/c1-14(21)16-5-3-15(4-6-16)11-17(22)20-12-18(13-23-2)7-9-19-10-8-18;/h3-6,19H,7-13H2,1-2H3,(H,20,22);1H. The van der Waals surface area contributed by atoms with Crippen LogP contribution in [0.25, 0.3) is 0 Å². The molecule has 6 heteroatoms. The van der Waals surface area contributed by atoms with Crippen molar-refractivity contribution in [1.82, 2.24) is 10.6 Å². The molecule has 0 radical (unpaired) electrons. The van der Waals surface area contributed by atoms with E-state index in [4.69, 9.17) is 4.74 Å². The molecule has 0 aromatic heterocycles. The largest absolute Gasteiger partial charge is 0.384 e. The van der Waals surface area contributed by atoms with E-state index in [0.717, 1.165) is 31.5 Å². The van der Waals surface area contributed by atoms with Crippen molar-refractivity contribution in [1.29, 1.82) is 0 Å². The average Bonchev–Trinajstić information content (AvgIpc) is 2.55. The maximum atomic E-state index is 12.2. The van der Waals surface area contributed by atoms with Crippen molar-refractivity contribution >= 4 is 24.1 Å². The van der Waals surface area contributed by atoms with Crippen molar-refractivity contribution in [2.45, 2.75) is 26.2 Å². The molecule has 1 amide bonds. The average molecular weight is 355 g/mol. The second-order valence-corrected chi connectivity index (χ2v) is 6.39. The molecular weight excluding hydrogens is 328 g/mol. The van der Waals surface area contributed by atoms with Crippen LogP contribution in [0, 0.1) is 5.41 Å². The van der Waals surface area contributed by atoms with Gasteiger partial charge in [-0.3, -0.25) is 9.59 Å². The quantitative estimate of drug-likeness (QED) is 0.735. The van der Waals surface area contributed by atoms with Gasteiger partial charge in [-0.25, -0.2) is 0 Å². The summed E-state index contributed by atoms with van der Waals surface area (Å²) < 4.78 is 5.36. The third-order valence-corrected chi connectivity index (χ3v) is 4.50. The summed E-state index contributed by atoms with van der Waals surface area (Å²) in [5.74, 6) is 0.0444. The third kappa shape index (κ3) is 5.89. The van der Waals surface area contributed by atoms with Crippen molar-refractivity contribution in [2.24, 2.45) is 5.41 Å². The SMILES string of the molecule is COCC1(CNC(=O)Cc2ccc(C(C)=O)cc2)CCNCC1.Cl. The molecule has 5 nitrogen and oxygen atoms in total. The number of amides is 1. The van der Waals surface area contributed by atoms with Crippen LogP contribution in [0.2, 0.25) is 0 Å². The van der Waals surface area contributed by atoms with E-state index >= 15 is 0 Å². The maximum Gasteiger partial charge on any atom is 0.224 e. The summed E-state index contributed by atoms with van der Waals surface area (Å²) in [6, 6.07) is 7.21. The lowest BCUT2D eigenvalue weighted by Gasteiger charge is -2.37. The van der Waals surface area contributed by atoms with Gasteiger partial charge in [0.2, 0.25) is 5.91 Å². The Morgan fingerprint density at radius 3 is 2.38 bits per heavy atom. The second-order valence-electron chi connectivity index (χ2n) is 6.39. The Morgan fingerprint density at radius 1 is 1.21 bits per heavy atom. The van der Waals surface area contributed by atoms with Gasteiger partial charge in [-0.05, 0) is 38.4 Å². The van der Waals surface area contributed by atoms with E-state index in [1.807, 2.05) is 12.1 Å². The van der Waals surface area contributed by atoms with E-state index in [0.29, 0.717) is 25.1 Å². The van der Waals surface area contributed by atoms with Crippen molar-refractivity contribution in [2.75, 3.05) is 33.4 Å². The number of Topliss-reactive ketones (excluding diaryl/α,β-unsaturated/α-hetero) is 1. The molecule has 2 rings (SSSR count). The number of ketones is 1. The fourth-order valence-corrected chi connectivity index (χ4v) is 3.03. The lowest BCUT2D eigenvalue weighted by molar-refractivity contribution is -0.121. The molecule has 1 aromatic carbocycles. The fourth-order valence-electron chi connectivity index (χ4n) is 3.03. The number of ether oxygens (including phenoxy) is 1. The van der Waals surface area contributed by atoms with E-state index in [1.54, 1.807) is 19.2 Å². The lowest BCUT2D eigenvalue weighted by atomic mass is 9.79. The van der Waals surface area contributed by atoms with E-state index < -0.39 is 0 Å². The number of hydrogen-bond acceptors (Lipinski definition) is 4. The molecule has 1 aliphatic rings. The molecule has 0 saturated carbocycles. The fraction of sp³-hybridized carbons (Fsp3) is 0.556. The van der Waals surface area contributed by atoms with E-state index in [2.05, 4.69) is 10.6 Å². The van der Waals surface area contributed by atoms with Gasteiger partial charge in [-0.15, -0.1) is 12.4 Å². The van der Waals surface area contributed by atoms with Crippen LogP contribution in [0.4, 0.5) is 0 Å². The van der Waals surface area contributed by atoms with Gasteiger partial charge < -0.3 is 15.4 Å². The first-order valence-corrected chi connectivity index (χ1v) is 8.11. The molecule has 0 spiro atoms. The van der Waals surface area contributed by atoms with Crippen LogP contribution >= 0.6 is 12.4 Å². The number of rotatable bonds is 7.